The second kappa shape index (κ2) is 5.86. The van der Waals surface area contributed by atoms with E-state index < -0.39 is 11.2 Å². The molecule has 0 fully saturated rings. The lowest BCUT2D eigenvalue weighted by atomic mass is 10.1. The van der Waals surface area contributed by atoms with E-state index in [1.54, 1.807) is 6.07 Å². The lowest BCUT2D eigenvalue weighted by molar-refractivity contribution is 0.611. The van der Waals surface area contributed by atoms with Gasteiger partial charge in [0.15, 0.2) is 0 Å². The first-order valence-electron chi connectivity index (χ1n) is 4.63. The van der Waals surface area contributed by atoms with E-state index in [1.807, 2.05) is 0 Å². The van der Waals surface area contributed by atoms with E-state index in [9.17, 15) is 4.39 Å². The molecule has 1 unspecified atom stereocenters. The molecule has 2 aromatic rings. The fourth-order valence-electron chi connectivity index (χ4n) is 1.43. The van der Waals surface area contributed by atoms with E-state index in [0.29, 0.717) is 23.7 Å². The third kappa shape index (κ3) is 2.97. The van der Waals surface area contributed by atoms with Crippen molar-refractivity contribution in [3.63, 3.8) is 0 Å². The summed E-state index contributed by atoms with van der Waals surface area (Å²) in [6.07, 6.45) is 0. The van der Waals surface area contributed by atoms with E-state index >= 15 is 0 Å². The molecule has 0 saturated carbocycles. The number of halogens is 6. The van der Waals surface area contributed by atoms with Crippen LogP contribution in [0, 0.1) is 5.82 Å². The zero-order valence-corrected chi connectivity index (χ0v) is 13.9. The number of hydrogen-bond donors (Lipinski definition) is 0. The minimum atomic E-state index is -0.730. The van der Waals surface area contributed by atoms with Gasteiger partial charge >= 0.3 is 0 Å². The highest BCUT2D eigenvalue weighted by Gasteiger charge is 2.21. The first kappa shape index (κ1) is 14.9. The molecule has 7 heteroatoms. The molecule has 1 aromatic carbocycles. The normalized spacial score (nSPS) is 12.8. The van der Waals surface area contributed by atoms with E-state index in [1.165, 1.54) is 23.5 Å². The van der Waals surface area contributed by atoms with Crippen LogP contribution in [0.5, 0.6) is 0 Å². The first-order chi connectivity index (χ1) is 8.40. The topological polar surface area (TPSA) is 0 Å². The molecule has 0 spiro atoms. The number of thiophene rings is 1. The number of benzene rings is 1. The van der Waals surface area contributed by atoms with Crippen molar-refractivity contribution in [1.29, 1.82) is 0 Å². The molecule has 1 atom stereocenters. The van der Waals surface area contributed by atoms with Gasteiger partial charge in [-0.15, -0.1) is 22.9 Å². The van der Waals surface area contributed by atoms with Crippen molar-refractivity contribution < 1.29 is 4.39 Å². The lowest BCUT2D eigenvalue weighted by Crippen LogP contribution is -1.97. The fraction of sp³-hybridized carbons (Fsp3) is 0.0909. The maximum atomic E-state index is 13.9. The summed E-state index contributed by atoms with van der Waals surface area (Å²) in [6.45, 7) is 0. The molecule has 96 valence electrons. The van der Waals surface area contributed by atoms with Crippen molar-refractivity contribution in [3.05, 3.63) is 53.3 Å². The summed E-state index contributed by atoms with van der Waals surface area (Å²) in [7, 11) is 0. The molecule has 2 rings (SSSR count). The summed E-state index contributed by atoms with van der Waals surface area (Å²) in [5.41, 5.74) is 0.840. The lowest BCUT2D eigenvalue weighted by Gasteiger charge is -2.11. The summed E-state index contributed by atoms with van der Waals surface area (Å²) >= 11 is 28.3. The van der Waals surface area contributed by atoms with Crippen LogP contribution >= 0.6 is 73.7 Å². The van der Waals surface area contributed by atoms with Crippen LogP contribution < -0.4 is 0 Å². The standard InChI is InChI=1S/C11H4BrCl4FS/c12-6-3-8(17)4(1-7(6)13)10(15)5-2-9(14)18-11(5)16/h1-3,10H. The van der Waals surface area contributed by atoms with Gasteiger partial charge in [0.25, 0.3) is 0 Å². The Morgan fingerprint density at radius 1 is 1.11 bits per heavy atom. The van der Waals surface area contributed by atoms with Crippen LogP contribution in [0.3, 0.4) is 0 Å². The van der Waals surface area contributed by atoms with Crippen molar-refractivity contribution in [2.75, 3.05) is 0 Å². The molecule has 0 saturated heterocycles. The fourth-order valence-corrected chi connectivity index (χ4v) is 3.91. The summed E-state index contributed by atoms with van der Waals surface area (Å²) in [4.78, 5) is 0. The van der Waals surface area contributed by atoms with Crippen LogP contribution in [0.25, 0.3) is 0 Å². The first-order valence-corrected chi connectivity index (χ1v) is 7.81. The molecule has 0 amide bonds. The van der Waals surface area contributed by atoms with E-state index in [0.717, 1.165) is 0 Å². The van der Waals surface area contributed by atoms with E-state index in [2.05, 4.69) is 15.9 Å². The highest BCUT2D eigenvalue weighted by atomic mass is 79.9. The molecule has 1 heterocycles. The minimum Gasteiger partial charge on any atom is -0.207 e. The van der Waals surface area contributed by atoms with Crippen LogP contribution in [-0.2, 0) is 0 Å². The molecule has 0 aliphatic heterocycles. The second-order valence-corrected chi connectivity index (χ2v) is 7.41. The van der Waals surface area contributed by atoms with Gasteiger partial charge in [-0.1, -0.05) is 34.8 Å². The molecule has 0 aliphatic carbocycles. The maximum Gasteiger partial charge on any atom is 0.129 e. The summed E-state index contributed by atoms with van der Waals surface area (Å²) in [6, 6.07) is 4.37. The molecule has 0 bridgehead atoms. The van der Waals surface area contributed by atoms with Gasteiger partial charge in [0, 0.05) is 15.6 Å². The monoisotopic (exact) mass is 406 g/mol. The molecule has 0 aliphatic rings. The van der Waals surface area contributed by atoms with E-state index in [-0.39, 0.29) is 5.56 Å². The summed E-state index contributed by atoms with van der Waals surface area (Å²) in [5.74, 6) is -0.454. The van der Waals surface area contributed by atoms with Crippen molar-refractivity contribution >= 4 is 73.7 Å². The zero-order chi connectivity index (χ0) is 13.4. The number of rotatable bonds is 2. The SMILES string of the molecule is Fc1cc(Br)c(Cl)cc1C(Cl)c1cc(Cl)sc1Cl. The molecular weight excluding hydrogens is 405 g/mol. The molecule has 0 nitrogen and oxygen atoms in total. The van der Waals surface area contributed by atoms with Gasteiger partial charge in [0.05, 0.1) is 19.1 Å². The van der Waals surface area contributed by atoms with E-state index in [4.69, 9.17) is 46.4 Å². The third-order valence-electron chi connectivity index (χ3n) is 2.27. The second-order valence-electron chi connectivity index (χ2n) is 3.43. The van der Waals surface area contributed by atoms with Gasteiger partial charge in [-0.25, -0.2) is 4.39 Å². The highest BCUT2D eigenvalue weighted by Crippen LogP contribution is 2.42. The van der Waals surface area contributed by atoms with Crippen LogP contribution in [0.2, 0.25) is 13.7 Å². The Morgan fingerprint density at radius 3 is 2.33 bits per heavy atom. The predicted molar refractivity (Wildman–Crippen MR) is 81.1 cm³/mol. The maximum absolute atomic E-state index is 13.9. The molecular formula is C11H4BrCl4FS. The Kier molecular flexibility index (Phi) is 4.85. The smallest absolute Gasteiger partial charge is 0.129 e. The number of hydrogen-bond acceptors (Lipinski definition) is 1. The highest BCUT2D eigenvalue weighted by molar-refractivity contribution is 9.10. The van der Waals surface area contributed by atoms with Gasteiger partial charge in [-0.05, 0) is 34.1 Å². The minimum absolute atomic E-state index is 0.265. The summed E-state index contributed by atoms with van der Waals surface area (Å²) in [5, 5.41) is -0.346. The van der Waals surface area contributed by atoms with Crippen molar-refractivity contribution in [2.24, 2.45) is 0 Å². The van der Waals surface area contributed by atoms with Gasteiger partial charge < -0.3 is 0 Å². The van der Waals surface area contributed by atoms with Gasteiger partial charge in [0.2, 0.25) is 0 Å². The Balaban J connectivity index is 2.49. The van der Waals surface area contributed by atoms with Crippen molar-refractivity contribution in [1.82, 2.24) is 0 Å². The summed E-state index contributed by atoms with van der Waals surface area (Å²) < 4.78 is 15.3. The van der Waals surface area contributed by atoms with Gasteiger partial charge in [0.1, 0.15) is 5.82 Å². The Hall–Kier alpha value is 0.490. The quantitative estimate of drug-likeness (QED) is 0.373. The molecule has 1 aromatic heterocycles. The van der Waals surface area contributed by atoms with Crippen LogP contribution in [0.1, 0.15) is 16.5 Å². The predicted octanol–water partition coefficient (Wildman–Crippen LogP) is 6.94. The molecule has 18 heavy (non-hydrogen) atoms. The average Bonchev–Trinajstić information content (AvgIpc) is 2.62. The van der Waals surface area contributed by atoms with Crippen molar-refractivity contribution in [2.45, 2.75) is 5.38 Å². The van der Waals surface area contributed by atoms with Crippen LogP contribution in [0.4, 0.5) is 4.39 Å². The molecule has 0 N–H and O–H groups in total. The van der Waals surface area contributed by atoms with Crippen LogP contribution in [-0.4, -0.2) is 0 Å². The van der Waals surface area contributed by atoms with Gasteiger partial charge in [-0.3, -0.25) is 0 Å². The average molecular weight is 409 g/mol. The van der Waals surface area contributed by atoms with Crippen molar-refractivity contribution in [3.8, 4) is 0 Å². The Bertz CT molecular complexity index is 599. The molecule has 0 radical (unpaired) electrons. The van der Waals surface area contributed by atoms with Crippen LogP contribution in [0.15, 0.2) is 22.7 Å². The third-order valence-corrected chi connectivity index (χ3v) is 5.45. The Labute approximate surface area is 136 Å². The Morgan fingerprint density at radius 2 is 1.78 bits per heavy atom. The zero-order valence-electron chi connectivity index (χ0n) is 8.49. The largest absolute Gasteiger partial charge is 0.207 e. The van der Waals surface area contributed by atoms with Gasteiger partial charge in [-0.2, -0.15) is 0 Å². The number of alkyl halides is 1.